The molecule has 0 rings (SSSR count). The number of hydrogen-bond acceptors (Lipinski definition) is 6. The van der Waals surface area contributed by atoms with Gasteiger partial charge >= 0.3 is 7.82 Å². The Morgan fingerprint density at radius 1 is 1.14 bits per heavy atom. The van der Waals surface area contributed by atoms with Gasteiger partial charge in [-0.15, -0.1) is 0 Å². The second-order valence-corrected chi connectivity index (χ2v) is 3.83. The summed E-state index contributed by atoms with van der Waals surface area (Å²) in [5, 5.41) is 35.2. The van der Waals surface area contributed by atoms with Crippen molar-refractivity contribution >= 4 is 7.82 Å². The average Bonchev–Trinajstić information content (AvgIpc) is 2.10. The van der Waals surface area contributed by atoms with Crippen LogP contribution >= 0.6 is 7.82 Å². The van der Waals surface area contributed by atoms with Crippen molar-refractivity contribution in [1.29, 1.82) is 0 Å². The maximum absolute atomic E-state index is 10.2. The quantitative estimate of drug-likeness (QED) is 0.268. The van der Waals surface area contributed by atoms with Crippen LogP contribution in [0.1, 0.15) is 0 Å². The minimum Gasteiger partial charge on any atom is -0.394 e. The van der Waals surface area contributed by atoms with Crippen molar-refractivity contribution in [2.75, 3.05) is 13.2 Å². The molecule has 0 heterocycles. The van der Waals surface area contributed by atoms with E-state index in [-0.39, 0.29) is 0 Å². The first-order valence-electron chi connectivity index (χ1n) is 3.63. The van der Waals surface area contributed by atoms with E-state index >= 15 is 0 Å². The maximum Gasteiger partial charge on any atom is 0.469 e. The zero-order valence-corrected chi connectivity index (χ0v) is 7.99. The van der Waals surface area contributed by atoms with Gasteiger partial charge in [0, 0.05) is 0 Å². The first-order chi connectivity index (χ1) is 6.28. The minimum absolute atomic E-state index is 0.784. The summed E-state index contributed by atoms with van der Waals surface area (Å²) in [7, 11) is -4.71. The largest absolute Gasteiger partial charge is 0.469 e. The predicted molar refractivity (Wildman–Crippen MR) is 43.1 cm³/mol. The van der Waals surface area contributed by atoms with Crippen molar-refractivity contribution in [3.05, 3.63) is 0 Å². The molecular formula is C5H13O8P. The molecule has 0 unspecified atom stereocenters. The van der Waals surface area contributed by atoms with Gasteiger partial charge in [0.15, 0.2) is 0 Å². The normalized spacial score (nSPS) is 19.0. The summed E-state index contributed by atoms with van der Waals surface area (Å²) in [6, 6.07) is 0. The monoisotopic (exact) mass is 232 g/mol. The van der Waals surface area contributed by atoms with E-state index in [1.807, 2.05) is 0 Å². The molecule has 86 valence electrons. The molecule has 0 aromatic carbocycles. The fourth-order valence-corrected chi connectivity index (χ4v) is 0.983. The van der Waals surface area contributed by atoms with Crippen molar-refractivity contribution in [3.63, 3.8) is 0 Å². The number of aliphatic hydroxyl groups is 4. The van der Waals surface area contributed by atoms with Crippen LogP contribution in [-0.2, 0) is 9.09 Å². The molecule has 14 heavy (non-hydrogen) atoms. The molecule has 0 radical (unpaired) electrons. The second kappa shape index (κ2) is 5.74. The van der Waals surface area contributed by atoms with Gasteiger partial charge in [-0.3, -0.25) is 4.52 Å². The van der Waals surface area contributed by atoms with E-state index in [1.54, 1.807) is 0 Å². The maximum atomic E-state index is 10.2. The van der Waals surface area contributed by atoms with Crippen LogP contribution in [0.2, 0.25) is 0 Å². The summed E-state index contributed by atoms with van der Waals surface area (Å²) in [6.07, 6.45) is -5.01. The van der Waals surface area contributed by atoms with E-state index in [0.717, 1.165) is 0 Å². The third kappa shape index (κ3) is 5.63. The molecule has 0 spiro atoms. The molecule has 0 saturated carbocycles. The van der Waals surface area contributed by atoms with Crippen LogP contribution in [0.15, 0.2) is 0 Å². The lowest BCUT2D eigenvalue weighted by molar-refractivity contribution is -0.0891. The summed E-state index contributed by atoms with van der Waals surface area (Å²) in [6.45, 7) is -1.63. The van der Waals surface area contributed by atoms with Crippen LogP contribution < -0.4 is 0 Å². The predicted octanol–water partition coefficient (Wildman–Crippen LogP) is -2.83. The second-order valence-electron chi connectivity index (χ2n) is 2.59. The van der Waals surface area contributed by atoms with Gasteiger partial charge in [0.1, 0.15) is 18.3 Å². The van der Waals surface area contributed by atoms with Crippen molar-refractivity contribution < 1.29 is 39.3 Å². The Bertz CT molecular complexity index is 202. The van der Waals surface area contributed by atoms with Crippen LogP contribution in [0.25, 0.3) is 0 Å². The SMILES string of the molecule is O=P(O)(O)OC[C@@H](O)[C@H](O)[C@@H](O)CO. The zero-order valence-electron chi connectivity index (χ0n) is 7.09. The molecule has 0 fully saturated rings. The summed E-state index contributed by atoms with van der Waals surface area (Å²) in [4.78, 5) is 16.5. The third-order valence-corrected chi connectivity index (χ3v) is 1.87. The number of phosphoric ester groups is 1. The lowest BCUT2D eigenvalue weighted by Crippen LogP contribution is -2.41. The standard InChI is InChI=1S/C5H13O8P/c6-1-3(7)5(9)4(8)2-13-14(10,11)12/h3-9H,1-2H2,(H2,10,11,12)/t3-,4+,5+/m0/s1. The van der Waals surface area contributed by atoms with Gasteiger partial charge in [0.05, 0.1) is 13.2 Å². The summed E-state index contributed by atoms with van der Waals surface area (Å²) in [5.41, 5.74) is 0. The molecule has 0 aliphatic rings. The molecule has 3 atom stereocenters. The fraction of sp³-hybridized carbons (Fsp3) is 1.00. The summed E-state index contributed by atoms with van der Waals surface area (Å²) in [5.74, 6) is 0. The average molecular weight is 232 g/mol. The van der Waals surface area contributed by atoms with E-state index in [9.17, 15) is 4.57 Å². The number of rotatable bonds is 6. The number of aliphatic hydroxyl groups excluding tert-OH is 4. The Morgan fingerprint density at radius 3 is 2.00 bits per heavy atom. The first-order valence-corrected chi connectivity index (χ1v) is 5.16. The van der Waals surface area contributed by atoms with E-state index < -0.39 is 39.3 Å². The van der Waals surface area contributed by atoms with Gasteiger partial charge in [-0.05, 0) is 0 Å². The lowest BCUT2D eigenvalue weighted by atomic mass is 10.1. The van der Waals surface area contributed by atoms with E-state index in [1.165, 1.54) is 0 Å². The molecule has 0 aliphatic carbocycles. The topological polar surface area (TPSA) is 148 Å². The molecular weight excluding hydrogens is 219 g/mol. The fourth-order valence-electron chi connectivity index (χ4n) is 0.636. The Kier molecular flexibility index (Phi) is 5.72. The van der Waals surface area contributed by atoms with E-state index in [0.29, 0.717) is 0 Å². The van der Waals surface area contributed by atoms with E-state index in [2.05, 4.69) is 4.52 Å². The van der Waals surface area contributed by atoms with E-state index in [4.69, 9.17) is 30.2 Å². The molecule has 9 heteroatoms. The smallest absolute Gasteiger partial charge is 0.394 e. The molecule has 0 saturated heterocycles. The van der Waals surface area contributed by atoms with Gasteiger partial charge in [-0.25, -0.2) is 4.57 Å². The van der Waals surface area contributed by atoms with Crippen molar-refractivity contribution in [1.82, 2.24) is 0 Å². The minimum atomic E-state index is -4.71. The van der Waals surface area contributed by atoms with Crippen LogP contribution in [0.4, 0.5) is 0 Å². The molecule has 6 N–H and O–H groups in total. The zero-order chi connectivity index (χ0) is 11.4. The molecule has 0 aliphatic heterocycles. The van der Waals surface area contributed by atoms with Crippen molar-refractivity contribution in [2.24, 2.45) is 0 Å². The molecule has 0 bridgehead atoms. The van der Waals surface area contributed by atoms with Gasteiger partial charge < -0.3 is 30.2 Å². The highest BCUT2D eigenvalue weighted by Gasteiger charge is 2.26. The Balaban J connectivity index is 3.96. The highest BCUT2D eigenvalue weighted by atomic mass is 31.2. The van der Waals surface area contributed by atoms with Crippen LogP contribution in [0.3, 0.4) is 0 Å². The third-order valence-electron chi connectivity index (χ3n) is 1.39. The van der Waals surface area contributed by atoms with Gasteiger partial charge in [-0.1, -0.05) is 0 Å². The highest BCUT2D eigenvalue weighted by Crippen LogP contribution is 2.35. The van der Waals surface area contributed by atoms with Crippen LogP contribution in [-0.4, -0.2) is 61.7 Å². The van der Waals surface area contributed by atoms with Crippen molar-refractivity contribution in [2.45, 2.75) is 18.3 Å². The van der Waals surface area contributed by atoms with Crippen LogP contribution in [0.5, 0.6) is 0 Å². The molecule has 0 amide bonds. The molecule has 0 aromatic rings. The molecule has 0 aromatic heterocycles. The van der Waals surface area contributed by atoms with Gasteiger partial charge in [0.25, 0.3) is 0 Å². The Morgan fingerprint density at radius 2 is 1.64 bits per heavy atom. The number of hydrogen-bond donors (Lipinski definition) is 6. The van der Waals surface area contributed by atoms with Crippen molar-refractivity contribution in [3.8, 4) is 0 Å². The Labute approximate surface area is 79.6 Å². The summed E-state index contributed by atoms with van der Waals surface area (Å²) >= 11 is 0. The van der Waals surface area contributed by atoms with Crippen LogP contribution in [0, 0.1) is 0 Å². The highest BCUT2D eigenvalue weighted by molar-refractivity contribution is 7.46. The number of phosphoric acid groups is 1. The first kappa shape index (κ1) is 13.9. The van der Waals surface area contributed by atoms with Gasteiger partial charge in [-0.2, -0.15) is 0 Å². The molecule has 8 nitrogen and oxygen atoms in total. The Hall–Kier alpha value is -0.0500. The summed E-state index contributed by atoms with van der Waals surface area (Å²) < 4.78 is 14.0. The lowest BCUT2D eigenvalue weighted by Gasteiger charge is -2.21. The van der Waals surface area contributed by atoms with Gasteiger partial charge in [0.2, 0.25) is 0 Å².